The van der Waals surface area contributed by atoms with Crippen molar-refractivity contribution in [3.8, 4) is 0 Å². The number of nitrogens with zero attached hydrogens (tertiary/aromatic N) is 1. The summed E-state index contributed by atoms with van der Waals surface area (Å²) in [7, 11) is 0. The van der Waals surface area contributed by atoms with Crippen LogP contribution < -0.4 is 0 Å². The molecule has 0 aromatic carbocycles. The molecule has 1 nitrogen and oxygen atoms in total. The van der Waals surface area contributed by atoms with Crippen molar-refractivity contribution in [3.63, 3.8) is 0 Å². The fourth-order valence-corrected chi connectivity index (χ4v) is 1.02. The quantitative estimate of drug-likeness (QED) is 0.661. The van der Waals surface area contributed by atoms with Gasteiger partial charge in [0, 0.05) is 6.20 Å². The molecular formula is C6H2BrF3N. The normalized spacial score (nSPS) is 11.6. The van der Waals surface area contributed by atoms with Crippen LogP contribution in [-0.2, 0) is 6.18 Å². The van der Waals surface area contributed by atoms with E-state index >= 15 is 0 Å². The highest BCUT2D eigenvalue weighted by Gasteiger charge is 2.32. The van der Waals surface area contributed by atoms with Crippen molar-refractivity contribution in [2.75, 3.05) is 0 Å². The van der Waals surface area contributed by atoms with E-state index in [1.165, 1.54) is 0 Å². The zero-order chi connectivity index (χ0) is 8.48. The van der Waals surface area contributed by atoms with E-state index < -0.39 is 11.7 Å². The van der Waals surface area contributed by atoms with E-state index in [-0.39, 0.29) is 4.47 Å². The third-order valence-corrected chi connectivity index (χ3v) is 1.62. The number of hydrogen-bond acceptors (Lipinski definition) is 1. The Kier molecular flexibility index (Phi) is 2.17. The molecule has 1 heterocycles. The average Bonchev–Trinajstić information content (AvgIpc) is 1.86. The van der Waals surface area contributed by atoms with Gasteiger partial charge >= 0.3 is 6.18 Å². The van der Waals surface area contributed by atoms with Crippen molar-refractivity contribution in [2.24, 2.45) is 0 Å². The average molecular weight is 225 g/mol. The molecule has 1 radical (unpaired) electrons. The number of alkyl halides is 3. The van der Waals surface area contributed by atoms with Crippen molar-refractivity contribution in [1.29, 1.82) is 0 Å². The van der Waals surface area contributed by atoms with Gasteiger partial charge in [-0.1, -0.05) is 0 Å². The predicted molar refractivity (Wildman–Crippen MR) is 35.8 cm³/mol. The summed E-state index contributed by atoms with van der Waals surface area (Å²) in [5.41, 5.74) is -0.757. The van der Waals surface area contributed by atoms with Crippen LogP contribution in [0.3, 0.4) is 0 Å². The second kappa shape index (κ2) is 2.81. The Hall–Kier alpha value is -0.580. The summed E-state index contributed by atoms with van der Waals surface area (Å²) in [4.78, 5) is 3.39. The van der Waals surface area contributed by atoms with Gasteiger partial charge in [-0.3, -0.25) is 4.98 Å². The summed E-state index contributed by atoms with van der Waals surface area (Å²) in [6.45, 7) is 0. The maximum Gasteiger partial charge on any atom is 0.417 e. The molecule has 0 saturated carbocycles. The molecule has 0 aliphatic rings. The van der Waals surface area contributed by atoms with E-state index in [0.717, 1.165) is 12.3 Å². The molecule has 11 heavy (non-hydrogen) atoms. The van der Waals surface area contributed by atoms with Gasteiger partial charge in [0.05, 0.1) is 10.0 Å². The van der Waals surface area contributed by atoms with Crippen LogP contribution in [0.1, 0.15) is 5.56 Å². The van der Waals surface area contributed by atoms with Gasteiger partial charge in [0.15, 0.2) is 0 Å². The summed E-state index contributed by atoms with van der Waals surface area (Å²) in [6.07, 6.45) is -1.13. The lowest BCUT2D eigenvalue weighted by atomic mass is 10.3. The van der Waals surface area contributed by atoms with Crippen molar-refractivity contribution in [2.45, 2.75) is 6.18 Å². The first-order chi connectivity index (χ1) is 5.02. The summed E-state index contributed by atoms with van der Waals surface area (Å²) in [6, 6.07) is 0.889. The molecule has 0 saturated heterocycles. The molecule has 0 unspecified atom stereocenters. The number of halogens is 4. The van der Waals surface area contributed by atoms with Crippen molar-refractivity contribution >= 4 is 15.9 Å². The van der Waals surface area contributed by atoms with Crippen LogP contribution in [0, 0.1) is 6.20 Å². The van der Waals surface area contributed by atoms with Gasteiger partial charge in [0.2, 0.25) is 0 Å². The van der Waals surface area contributed by atoms with Gasteiger partial charge in [-0.15, -0.1) is 0 Å². The van der Waals surface area contributed by atoms with Crippen LogP contribution >= 0.6 is 15.9 Å². The van der Waals surface area contributed by atoms with Gasteiger partial charge < -0.3 is 0 Å². The Balaban J connectivity index is 3.14. The van der Waals surface area contributed by atoms with Gasteiger partial charge in [-0.25, -0.2) is 0 Å². The SMILES string of the molecule is FC(F)(F)c1ccn[c]c1Br. The maximum absolute atomic E-state index is 12.0. The molecule has 1 rings (SSSR count). The molecule has 59 valence electrons. The van der Waals surface area contributed by atoms with Gasteiger partial charge in [-0.05, 0) is 22.0 Å². The lowest BCUT2D eigenvalue weighted by Crippen LogP contribution is -2.05. The monoisotopic (exact) mass is 224 g/mol. The lowest BCUT2D eigenvalue weighted by molar-refractivity contribution is -0.138. The van der Waals surface area contributed by atoms with Crippen LogP contribution in [-0.4, -0.2) is 4.98 Å². The second-order valence-electron chi connectivity index (χ2n) is 1.78. The van der Waals surface area contributed by atoms with Gasteiger partial charge in [-0.2, -0.15) is 13.2 Å². The highest BCUT2D eigenvalue weighted by atomic mass is 79.9. The molecule has 0 atom stereocenters. The number of aromatic nitrogens is 1. The molecule has 1 aromatic heterocycles. The minimum Gasteiger partial charge on any atom is -0.253 e. The van der Waals surface area contributed by atoms with E-state index in [9.17, 15) is 13.2 Å². The second-order valence-corrected chi connectivity index (χ2v) is 2.58. The smallest absolute Gasteiger partial charge is 0.253 e. The zero-order valence-corrected chi connectivity index (χ0v) is 6.70. The molecule has 0 fully saturated rings. The molecule has 0 N–H and O–H groups in total. The van der Waals surface area contributed by atoms with Crippen molar-refractivity contribution in [1.82, 2.24) is 4.98 Å². The number of rotatable bonds is 0. The fourth-order valence-electron chi connectivity index (χ4n) is 0.558. The molecule has 1 aromatic rings. The zero-order valence-electron chi connectivity index (χ0n) is 5.11. The summed E-state index contributed by atoms with van der Waals surface area (Å²) in [5, 5.41) is 0. The fraction of sp³-hybridized carbons (Fsp3) is 0.167. The van der Waals surface area contributed by atoms with E-state index in [1.807, 2.05) is 0 Å². The molecule has 0 aliphatic heterocycles. The first-order valence-corrected chi connectivity index (χ1v) is 3.40. The molecular weight excluding hydrogens is 223 g/mol. The molecule has 0 bridgehead atoms. The Bertz CT molecular complexity index is 258. The van der Waals surface area contributed by atoms with E-state index in [4.69, 9.17) is 0 Å². The first kappa shape index (κ1) is 8.52. The maximum atomic E-state index is 12.0. The Morgan fingerprint density at radius 3 is 2.45 bits per heavy atom. The Morgan fingerprint density at radius 2 is 2.09 bits per heavy atom. The topological polar surface area (TPSA) is 12.9 Å². The van der Waals surface area contributed by atoms with Crippen LogP contribution in [0.4, 0.5) is 13.2 Å². The van der Waals surface area contributed by atoms with Crippen molar-refractivity contribution in [3.05, 3.63) is 28.5 Å². The predicted octanol–water partition coefficient (Wildman–Crippen LogP) is 2.66. The standard InChI is InChI=1S/C6H2BrF3N/c7-5-3-11-2-1-4(5)6(8,9)10/h1-2H. The minimum atomic E-state index is -4.34. The number of hydrogen-bond donors (Lipinski definition) is 0. The Morgan fingerprint density at radius 1 is 1.45 bits per heavy atom. The van der Waals surface area contributed by atoms with Crippen LogP contribution in [0.5, 0.6) is 0 Å². The Labute approximate surface area is 69.4 Å². The molecule has 0 amide bonds. The summed E-state index contributed by atoms with van der Waals surface area (Å²) < 4.78 is 35.8. The third kappa shape index (κ3) is 1.92. The molecule has 5 heteroatoms. The van der Waals surface area contributed by atoms with Crippen LogP contribution in [0.25, 0.3) is 0 Å². The number of pyridine rings is 1. The van der Waals surface area contributed by atoms with Crippen molar-refractivity contribution < 1.29 is 13.2 Å². The molecule has 0 spiro atoms. The van der Waals surface area contributed by atoms with Crippen LogP contribution in [0.15, 0.2) is 16.7 Å². The van der Waals surface area contributed by atoms with E-state index in [0.29, 0.717) is 0 Å². The third-order valence-electron chi connectivity index (χ3n) is 1.02. The first-order valence-electron chi connectivity index (χ1n) is 2.61. The van der Waals surface area contributed by atoms with Gasteiger partial charge in [0.1, 0.15) is 6.20 Å². The van der Waals surface area contributed by atoms with Crippen LogP contribution in [0.2, 0.25) is 0 Å². The highest BCUT2D eigenvalue weighted by molar-refractivity contribution is 9.10. The summed E-state index contributed by atoms with van der Waals surface area (Å²) in [5.74, 6) is 0. The summed E-state index contributed by atoms with van der Waals surface area (Å²) >= 11 is 2.69. The largest absolute Gasteiger partial charge is 0.417 e. The van der Waals surface area contributed by atoms with Gasteiger partial charge in [0.25, 0.3) is 0 Å². The van der Waals surface area contributed by atoms with E-state index in [1.54, 1.807) is 0 Å². The minimum absolute atomic E-state index is 0.160. The highest BCUT2D eigenvalue weighted by Crippen LogP contribution is 2.33. The molecule has 0 aliphatic carbocycles. The van der Waals surface area contributed by atoms with E-state index in [2.05, 4.69) is 27.1 Å². The lowest BCUT2D eigenvalue weighted by Gasteiger charge is -2.06.